The molecule has 24 heavy (non-hydrogen) atoms. The number of hydrogen-bond acceptors (Lipinski definition) is 4. The Balaban J connectivity index is 1.46. The predicted octanol–water partition coefficient (Wildman–Crippen LogP) is 3.19. The predicted molar refractivity (Wildman–Crippen MR) is 95.0 cm³/mol. The third-order valence-electron chi connectivity index (χ3n) is 4.35. The van der Waals surface area contributed by atoms with E-state index in [1.807, 2.05) is 18.2 Å². The molecule has 5 heteroatoms. The van der Waals surface area contributed by atoms with E-state index in [9.17, 15) is 4.79 Å². The molecular formula is C19H24N4O. The van der Waals surface area contributed by atoms with Crippen molar-refractivity contribution < 1.29 is 4.79 Å². The summed E-state index contributed by atoms with van der Waals surface area (Å²) in [4.78, 5) is 20.8. The summed E-state index contributed by atoms with van der Waals surface area (Å²) in [7, 11) is 0. The van der Waals surface area contributed by atoms with Crippen LogP contribution in [0.5, 0.6) is 0 Å². The molecule has 3 rings (SSSR count). The highest BCUT2D eigenvalue weighted by Gasteiger charge is 2.16. The van der Waals surface area contributed by atoms with Gasteiger partial charge in [-0.3, -0.25) is 4.79 Å². The lowest BCUT2D eigenvalue weighted by molar-refractivity contribution is 0.0948. The van der Waals surface area contributed by atoms with Crippen LogP contribution < -0.4 is 10.6 Å². The van der Waals surface area contributed by atoms with Crippen LogP contribution >= 0.6 is 0 Å². The van der Waals surface area contributed by atoms with Crippen molar-refractivity contribution in [2.45, 2.75) is 44.6 Å². The Morgan fingerprint density at radius 3 is 2.71 bits per heavy atom. The number of aryl methyl sites for hydroxylation is 1. The lowest BCUT2D eigenvalue weighted by Crippen LogP contribution is -2.26. The van der Waals surface area contributed by atoms with Gasteiger partial charge in [0.2, 0.25) is 5.95 Å². The monoisotopic (exact) mass is 324 g/mol. The van der Waals surface area contributed by atoms with Gasteiger partial charge in [-0.2, -0.15) is 0 Å². The Bertz CT molecular complexity index is 653. The molecule has 0 aliphatic heterocycles. The zero-order valence-electron chi connectivity index (χ0n) is 13.9. The first-order valence-corrected chi connectivity index (χ1v) is 8.73. The summed E-state index contributed by atoms with van der Waals surface area (Å²) < 4.78 is 0. The SMILES string of the molecule is O=C(NCCCc1ccccc1)c1ccnc(NC2CCCC2)n1. The van der Waals surface area contributed by atoms with E-state index in [0.29, 0.717) is 24.2 Å². The Kier molecular flexibility index (Phi) is 5.77. The van der Waals surface area contributed by atoms with E-state index in [4.69, 9.17) is 0 Å². The van der Waals surface area contributed by atoms with Crippen molar-refractivity contribution in [3.05, 3.63) is 53.9 Å². The molecule has 0 spiro atoms. The second-order valence-corrected chi connectivity index (χ2v) is 6.24. The van der Waals surface area contributed by atoms with Gasteiger partial charge in [0.05, 0.1) is 0 Å². The van der Waals surface area contributed by atoms with Gasteiger partial charge in [-0.05, 0) is 37.3 Å². The highest BCUT2D eigenvalue weighted by Crippen LogP contribution is 2.20. The van der Waals surface area contributed by atoms with Crippen LogP contribution in [0, 0.1) is 0 Å². The van der Waals surface area contributed by atoms with Gasteiger partial charge in [-0.15, -0.1) is 0 Å². The fourth-order valence-corrected chi connectivity index (χ4v) is 3.04. The van der Waals surface area contributed by atoms with Crippen molar-refractivity contribution in [3.8, 4) is 0 Å². The molecule has 1 aromatic heterocycles. The largest absolute Gasteiger partial charge is 0.351 e. The molecule has 1 fully saturated rings. The maximum atomic E-state index is 12.2. The molecule has 1 aliphatic rings. The van der Waals surface area contributed by atoms with Gasteiger partial charge >= 0.3 is 0 Å². The number of hydrogen-bond donors (Lipinski definition) is 2. The van der Waals surface area contributed by atoms with Gasteiger partial charge < -0.3 is 10.6 Å². The van der Waals surface area contributed by atoms with Crippen LogP contribution in [0.1, 0.15) is 48.2 Å². The molecule has 126 valence electrons. The van der Waals surface area contributed by atoms with E-state index in [1.165, 1.54) is 18.4 Å². The molecule has 1 aromatic carbocycles. The average molecular weight is 324 g/mol. The summed E-state index contributed by atoms with van der Waals surface area (Å²) in [6.45, 7) is 0.642. The Morgan fingerprint density at radius 1 is 1.12 bits per heavy atom. The van der Waals surface area contributed by atoms with Crippen molar-refractivity contribution >= 4 is 11.9 Å². The fraction of sp³-hybridized carbons (Fsp3) is 0.421. The van der Waals surface area contributed by atoms with Crippen LogP contribution in [0.2, 0.25) is 0 Å². The van der Waals surface area contributed by atoms with Gasteiger partial charge in [0.15, 0.2) is 0 Å². The molecule has 0 unspecified atom stereocenters. The van der Waals surface area contributed by atoms with E-state index in [2.05, 4.69) is 32.7 Å². The molecule has 1 heterocycles. The van der Waals surface area contributed by atoms with Gasteiger partial charge in [0.25, 0.3) is 5.91 Å². The van der Waals surface area contributed by atoms with Crippen LogP contribution in [0.4, 0.5) is 5.95 Å². The molecule has 0 atom stereocenters. The normalized spacial score (nSPS) is 14.5. The first kappa shape index (κ1) is 16.4. The van der Waals surface area contributed by atoms with Gasteiger partial charge in [0.1, 0.15) is 5.69 Å². The first-order valence-electron chi connectivity index (χ1n) is 8.73. The fourth-order valence-electron chi connectivity index (χ4n) is 3.04. The number of aromatic nitrogens is 2. The third-order valence-corrected chi connectivity index (χ3v) is 4.35. The smallest absolute Gasteiger partial charge is 0.270 e. The second kappa shape index (κ2) is 8.43. The minimum Gasteiger partial charge on any atom is -0.351 e. The molecule has 2 N–H and O–H groups in total. The molecule has 1 saturated carbocycles. The summed E-state index contributed by atoms with van der Waals surface area (Å²) in [6, 6.07) is 12.4. The van der Waals surface area contributed by atoms with Crippen LogP contribution in [0.3, 0.4) is 0 Å². The van der Waals surface area contributed by atoms with Crippen molar-refractivity contribution in [2.24, 2.45) is 0 Å². The number of benzene rings is 1. The number of amides is 1. The van der Waals surface area contributed by atoms with Gasteiger partial charge in [-0.1, -0.05) is 43.2 Å². The third kappa shape index (κ3) is 4.78. The summed E-state index contributed by atoms with van der Waals surface area (Å²) in [5.74, 6) is 0.416. The molecule has 5 nitrogen and oxygen atoms in total. The highest BCUT2D eigenvalue weighted by atomic mass is 16.1. The summed E-state index contributed by atoms with van der Waals surface area (Å²) in [5, 5.41) is 6.26. The van der Waals surface area contributed by atoms with Crippen LogP contribution in [0.25, 0.3) is 0 Å². The minimum absolute atomic E-state index is 0.139. The van der Waals surface area contributed by atoms with E-state index < -0.39 is 0 Å². The standard InChI is InChI=1S/C19H24N4O/c24-18(20-13-6-9-15-7-2-1-3-8-15)17-12-14-21-19(23-17)22-16-10-4-5-11-16/h1-3,7-8,12,14,16H,4-6,9-11,13H2,(H,20,24)(H,21,22,23). The first-order chi connectivity index (χ1) is 11.8. The number of carbonyl (C=O) groups excluding carboxylic acids is 1. The highest BCUT2D eigenvalue weighted by molar-refractivity contribution is 5.92. The number of anilines is 1. The van der Waals surface area contributed by atoms with Crippen LogP contribution in [-0.4, -0.2) is 28.5 Å². The maximum absolute atomic E-state index is 12.2. The quantitative estimate of drug-likeness (QED) is 0.768. The molecular weight excluding hydrogens is 300 g/mol. The average Bonchev–Trinajstić information content (AvgIpc) is 3.13. The number of nitrogens with one attached hydrogen (secondary N) is 2. The molecule has 1 aliphatic carbocycles. The zero-order chi connectivity index (χ0) is 16.6. The molecule has 0 saturated heterocycles. The van der Waals surface area contributed by atoms with E-state index >= 15 is 0 Å². The molecule has 0 bridgehead atoms. The zero-order valence-corrected chi connectivity index (χ0v) is 13.9. The van der Waals surface area contributed by atoms with E-state index in [1.54, 1.807) is 12.3 Å². The Hall–Kier alpha value is -2.43. The number of nitrogens with zero attached hydrogens (tertiary/aromatic N) is 2. The number of carbonyl (C=O) groups is 1. The topological polar surface area (TPSA) is 66.9 Å². The summed E-state index contributed by atoms with van der Waals surface area (Å²) in [6.07, 6.45) is 8.31. The second-order valence-electron chi connectivity index (χ2n) is 6.24. The van der Waals surface area contributed by atoms with E-state index in [-0.39, 0.29) is 5.91 Å². The summed E-state index contributed by atoms with van der Waals surface area (Å²) in [5.41, 5.74) is 1.71. The van der Waals surface area contributed by atoms with E-state index in [0.717, 1.165) is 25.7 Å². The summed E-state index contributed by atoms with van der Waals surface area (Å²) >= 11 is 0. The molecule has 0 radical (unpaired) electrons. The lowest BCUT2D eigenvalue weighted by Gasteiger charge is -2.12. The van der Waals surface area contributed by atoms with Crippen molar-refractivity contribution in [2.75, 3.05) is 11.9 Å². The molecule has 2 aromatic rings. The number of rotatable bonds is 7. The lowest BCUT2D eigenvalue weighted by atomic mass is 10.1. The molecule has 1 amide bonds. The van der Waals surface area contributed by atoms with Gasteiger partial charge in [0, 0.05) is 18.8 Å². The van der Waals surface area contributed by atoms with Crippen molar-refractivity contribution in [1.82, 2.24) is 15.3 Å². The van der Waals surface area contributed by atoms with Crippen molar-refractivity contribution in [1.29, 1.82) is 0 Å². The van der Waals surface area contributed by atoms with Crippen LogP contribution in [-0.2, 0) is 6.42 Å². The maximum Gasteiger partial charge on any atom is 0.270 e. The minimum atomic E-state index is -0.139. The van der Waals surface area contributed by atoms with Gasteiger partial charge in [-0.25, -0.2) is 9.97 Å². The Labute approximate surface area is 142 Å². The Morgan fingerprint density at radius 2 is 1.92 bits per heavy atom. The van der Waals surface area contributed by atoms with Crippen LogP contribution in [0.15, 0.2) is 42.6 Å². The van der Waals surface area contributed by atoms with Crippen molar-refractivity contribution in [3.63, 3.8) is 0 Å².